The molecule has 2 radical (unpaired) electrons. The largest absolute Gasteiger partial charge is 0.489 e. The molecule has 0 spiro atoms. The number of ether oxygens (including phenoxy) is 10. The fourth-order valence-corrected chi connectivity index (χ4v) is 7.10. The van der Waals surface area contributed by atoms with E-state index < -0.39 is 23.9 Å². The van der Waals surface area contributed by atoms with Crippen molar-refractivity contribution >= 4 is 31.7 Å². The van der Waals surface area contributed by atoms with E-state index in [0.717, 1.165) is 38.9 Å². The zero-order chi connectivity index (χ0) is 50.8. The molecule has 0 bridgehead atoms. The number of rotatable bonds is 23. The van der Waals surface area contributed by atoms with Gasteiger partial charge in [0, 0.05) is 18.2 Å². The smallest absolute Gasteiger partial charge is 0.337 e. The number of benzene rings is 7. The lowest BCUT2D eigenvalue weighted by molar-refractivity contribution is 0.0592. The Bertz CT molecular complexity index is 2590. The molecule has 7 rings (SSSR count). The van der Waals surface area contributed by atoms with E-state index >= 15 is 0 Å². The molecule has 7 aromatic carbocycles. The highest BCUT2D eigenvalue weighted by molar-refractivity contribution is 6.08. The Morgan fingerprint density at radius 3 is 0.681 bits per heavy atom. The summed E-state index contributed by atoms with van der Waals surface area (Å²) in [5, 5.41) is 0. The topological polar surface area (TPSA) is 161 Å². The molecule has 0 saturated carbocycles. The predicted octanol–water partition coefficient (Wildman–Crippen LogP) is 9.98. The Balaban J connectivity index is 1.06. The standard InChI is InChI=1S/C57H51BO14/c1-63-54(59)44-13-5-37(6-14-44)31-67-50-23-42(24-51(28-50)68-32-38-7-15-45(16-8-38)55(60)64-2)35-71-48-21-41(30-58)22-49(27-48)72-36-43-25-52(69-33-39-9-17-46(18-10-39)56(61)65-3)29-53(26-43)70-34-40-11-19-47(20-12-40)57(62)66-4/h5-29H,30-36H2,1-4H3. The van der Waals surface area contributed by atoms with Crippen LogP contribution in [-0.2, 0) is 64.9 Å². The molecule has 0 aromatic heterocycles. The SMILES string of the molecule is [B]Cc1cc(OCc2cc(OCc3ccc(C(=O)OC)cc3)cc(OCc3ccc(C(=O)OC)cc3)c2)cc(OCc2cc(OCc3ccc(C(=O)OC)cc3)cc(OCc3ccc(C(=O)OC)cc3)c2)c1. The first-order valence-corrected chi connectivity index (χ1v) is 22.6. The Morgan fingerprint density at radius 2 is 0.486 bits per heavy atom. The van der Waals surface area contributed by atoms with Gasteiger partial charge >= 0.3 is 23.9 Å². The van der Waals surface area contributed by atoms with Gasteiger partial charge in [-0.05, 0) is 124 Å². The molecule has 0 heterocycles. The molecule has 0 saturated heterocycles. The Labute approximate surface area is 418 Å². The molecule has 0 amide bonds. The molecule has 0 atom stereocenters. The second-order valence-corrected chi connectivity index (χ2v) is 16.1. The van der Waals surface area contributed by atoms with Crippen molar-refractivity contribution in [3.05, 3.63) is 213 Å². The van der Waals surface area contributed by atoms with Gasteiger partial charge in [0.05, 0.1) is 58.5 Å². The van der Waals surface area contributed by atoms with Crippen LogP contribution < -0.4 is 28.4 Å². The lowest BCUT2D eigenvalue weighted by atomic mass is 9.97. The van der Waals surface area contributed by atoms with Crippen LogP contribution in [0.15, 0.2) is 152 Å². The Hall–Kier alpha value is -8.72. The summed E-state index contributed by atoms with van der Waals surface area (Å²) in [5.41, 5.74) is 7.31. The third-order valence-electron chi connectivity index (χ3n) is 11.0. The van der Waals surface area contributed by atoms with E-state index in [9.17, 15) is 19.2 Å². The number of carbonyl (C=O) groups is 4. The molecule has 0 fully saturated rings. The van der Waals surface area contributed by atoms with Crippen LogP contribution in [0.3, 0.4) is 0 Å². The molecule has 72 heavy (non-hydrogen) atoms. The summed E-state index contributed by atoms with van der Waals surface area (Å²) in [6.45, 7) is 1.09. The van der Waals surface area contributed by atoms with Crippen molar-refractivity contribution in [2.75, 3.05) is 28.4 Å². The third-order valence-corrected chi connectivity index (χ3v) is 11.0. The average Bonchev–Trinajstić information content (AvgIpc) is 3.43. The van der Waals surface area contributed by atoms with Crippen LogP contribution in [0.4, 0.5) is 0 Å². The molecule has 0 aliphatic rings. The lowest BCUT2D eigenvalue weighted by Gasteiger charge is -2.16. The highest BCUT2D eigenvalue weighted by Crippen LogP contribution is 2.30. The number of hydrogen-bond acceptors (Lipinski definition) is 14. The molecule has 7 aromatic rings. The molecule has 14 nitrogen and oxygen atoms in total. The zero-order valence-corrected chi connectivity index (χ0v) is 40.2. The summed E-state index contributed by atoms with van der Waals surface area (Å²) in [6.07, 6.45) is 0.221. The van der Waals surface area contributed by atoms with Crippen LogP contribution in [0.2, 0.25) is 0 Å². The van der Waals surface area contributed by atoms with Gasteiger partial charge in [-0.25, -0.2) is 19.2 Å². The molecular formula is C57H51BO14. The normalized spacial score (nSPS) is 10.6. The van der Waals surface area contributed by atoms with E-state index in [1.54, 1.807) is 115 Å². The number of esters is 4. The van der Waals surface area contributed by atoms with Crippen LogP contribution in [0.5, 0.6) is 34.5 Å². The minimum absolute atomic E-state index is 0.125. The van der Waals surface area contributed by atoms with Gasteiger partial charge in [0.1, 0.15) is 74.1 Å². The number of carbonyl (C=O) groups excluding carboxylic acids is 4. The van der Waals surface area contributed by atoms with Crippen LogP contribution in [0.25, 0.3) is 0 Å². The monoisotopic (exact) mass is 970 g/mol. The molecule has 366 valence electrons. The predicted molar refractivity (Wildman–Crippen MR) is 266 cm³/mol. The second-order valence-electron chi connectivity index (χ2n) is 16.1. The first-order valence-electron chi connectivity index (χ1n) is 22.6. The fourth-order valence-electron chi connectivity index (χ4n) is 7.10. The van der Waals surface area contributed by atoms with Crippen LogP contribution in [-0.4, -0.2) is 60.2 Å². The molecule has 0 unspecified atom stereocenters. The van der Waals surface area contributed by atoms with Crippen LogP contribution in [0.1, 0.15) is 80.4 Å². The maximum atomic E-state index is 12.0. The summed E-state index contributed by atoms with van der Waals surface area (Å²) < 4.78 is 56.9. The first kappa shape index (κ1) is 51.1. The highest BCUT2D eigenvalue weighted by Gasteiger charge is 2.13. The number of methoxy groups -OCH3 is 4. The van der Waals surface area contributed by atoms with Gasteiger partial charge in [-0.15, -0.1) is 0 Å². The van der Waals surface area contributed by atoms with Crippen LogP contribution in [0, 0.1) is 0 Å². The molecular weight excluding hydrogens is 919 g/mol. The second kappa shape index (κ2) is 25.2. The van der Waals surface area contributed by atoms with Gasteiger partial charge in [0.15, 0.2) is 0 Å². The maximum absolute atomic E-state index is 12.0. The summed E-state index contributed by atoms with van der Waals surface area (Å²) >= 11 is 0. The van der Waals surface area contributed by atoms with Crippen LogP contribution >= 0.6 is 0 Å². The van der Waals surface area contributed by atoms with Gasteiger partial charge in [-0.2, -0.15) is 0 Å². The van der Waals surface area contributed by atoms with E-state index in [-0.39, 0.29) is 46.0 Å². The van der Waals surface area contributed by atoms with Crippen molar-refractivity contribution < 1.29 is 66.5 Å². The average molecular weight is 971 g/mol. The van der Waals surface area contributed by atoms with E-state index in [4.69, 9.17) is 55.2 Å². The number of hydrogen-bond donors (Lipinski definition) is 0. The Morgan fingerprint density at radius 1 is 0.292 bits per heavy atom. The van der Waals surface area contributed by atoms with Crippen molar-refractivity contribution in [3.8, 4) is 34.5 Å². The fraction of sp³-hybridized carbons (Fsp3) is 0.193. The van der Waals surface area contributed by atoms with Gasteiger partial charge in [-0.3, -0.25) is 0 Å². The van der Waals surface area contributed by atoms with E-state index in [0.29, 0.717) is 56.8 Å². The zero-order valence-electron chi connectivity index (χ0n) is 40.2. The van der Waals surface area contributed by atoms with Crippen molar-refractivity contribution in [3.63, 3.8) is 0 Å². The lowest BCUT2D eigenvalue weighted by Crippen LogP contribution is -2.04. The van der Waals surface area contributed by atoms with E-state index in [1.165, 1.54) is 28.4 Å². The van der Waals surface area contributed by atoms with Gasteiger partial charge in [-0.1, -0.05) is 54.9 Å². The minimum atomic E-state index is -0.429. The van der Waals surface area contributed by atoms with Crippen molar-refractivity contribution in [1.82, 2.24) is 0 Å². The highest BCUT2D eigenvalue weighted by atomic mass is 16.5. The molecule has 0 aliphatic heterocycles. The van der Waals surface area contributed by atoms with Gasteiger partial charge in [0.2, 0.25) is 0 Å². The molecule has 15 heteroatoms. The van der Waals surface area contributed by atoms with E-state index in [2.05, 4.69) is 0 Å². The Kier molecular flexibility index (Phi) is 17.9. The van der Waals surface area contributed by atoms with Gasteiger partial charge < -0.3 is 47.4 Å². The quantitative estimate of drug-likeness (QED) is 0.0338. The van der Waals surface area contributed by atoms with Gasteiger partial charge in [0.25, 0.3) is 0 Å². The summed E-state index contributed by atoms with van der Waals surface area (Å²) in [6, 6.07) is 44.2. The molecule has 0 aliphatic carbocycles. The molecule has 0 N–H and O–H groups in total. The third kappa shape index (κ3) is 14.7. The minimum Gasteiger partial charge on any atom is -0.489 e. The summed E-state index contributed by atoms with van der Waals surface area (Å²) in [4.78, 5) is 47.9. The summed E-state index contributed by atoms with van der Waals surface area (Å²) in [7, 11) is 11.5. The maximum Gasteiger partial charge on any atom is 0.337 e. The van der Waals surface area contributed by atoms with Crippen molar-refractivity contribution in [2.24, 2.45) is 0 Å². The van der Waals surface area contributed by atoms with Crippen molar-refractivity contribution in [2.45, 2.75) is 46.0 Å². The summed E-state index contributed by atoms with van der Waals surface area (Å²) in [5.74, 6) is 1.38. The first-order chi connectivity index (χ1) is 35.0. The van der Waals surface area contributed by atoms with E-state index in [1.807, 2.05) is 36.4 Å². The van der Waals surface area contributed by atoms with Crippen molar-refractivity contribution in [1.29, 1.82) is 0 Å².